The quantitative estimate of drug-likeness (QED) is 0.720. The van der Waals surface area contributed by atoms with Crippen molar-refractivity contribution in [3.8, 4) is 5.75 Å². The van der Waals surface area contributed by atoms with E-state index in [0.29, 0.717) is 24.2 Å². The molecule has 2 aromatic carbocycles. The number of carbonyl (C=O) groups is 1. The number of sulfonamides is 1. The number of anilines is 1. The number of aliphatic hydroxyl groups is 1. The minimum absolute atomic E-state index is 0.0745. The number of alkyl halides is 3. The zero-order valence-corrected chi connectivity index (χ0v) is 18.4. The third kappa shape index (κ3) is 5.09. The van der Waals surface area contributed by atoms with Gasteiger partial charge in [-0.15, -0.1) is 13.2 Å². The molecule has 0 spiro atoms. The fraction of sp³-hybridized carbons (Fsp3) is 0.409. The summed E-state index contributed by atoms with van der Waals surface area (Å²) in [5.74, 6) is -0.643. The molecule has 178 valence electrons. The van der Waals surface area contributed by atoms with Crippen molar-refractivity contribution < 1.29 is 36.2 Å². The molecule has 0 radical (unpaired) electrons. The average Bonchev–Trinajstić information content (AvgIpc) is 3.12. The monoisotopic (exact) mass is 484 g/mol. The number of carbonyl (C=O) groups excluding carboxylic acids is 1. The predicted octanol–water partition coefficient (Wildman–Crippen LogP) is 3.25. The Morgan fingerprint density at radius 1 is 1.03 bits per heavy atom. The Morgan fingerprint density at radius 2 is 1.73 bits per heavy atom. The smallest absolute Gasteiger partial charge is 0.406 e. The first-order chi connectivity index (χ1) is 15.5. The van der Waals surface area contributed by atoms with Crippen LogP contribution in [0.4, 0.5) is 18.9 Å². The minimum Gasteiger partial charge on any atom is -0.406 e. The fourth-order valence-corrected chi connectivity index (χ4v) is 5.81. The molecule has 0 saturated carbocycles. The number of rotatable bonds is 4. The third-order valence-electron chi connectivity index (χ3n) is 5.96. The lowest BCUT2D eigenvalue weighted by molar-refractivity contribution is -0.274. The Bertz CT molecular complexity index is 1140. The molecule has 2 fully saturated rings. The van der Waals surface area contributed by atoms with Crippen LogP contribution in [0, 0.1) is 0 Å². The number of ether oxygens (including phenoxy) is 1. The summed E-state index contributed by atoms with van der Waals surface area (Å²) in [6, 6.07) is 11.6. The summed E-state index contributed by atoms with van der Waals surface area (Å²) in [5, 5.41) is 11.0. The highest BCUT2D eigenvalue weighted by Gasteiger charge is 2.37. The molecule has 1 amide bonds. The van der Waals surface area contributed by atoms with Gasteiger partial charge in [0.15, 0.2) is 0 Å². The van der Waals surface area contributed by atoms with Crippen LogP contribution < -0.4 is 9.04 Å². The van der Waals surface area contributed by atoms with Crippen LogP contribution in [0.15, 0.2) is 48.5 Å². The molecule has 11 heteroatoms. The predicted molar refractivity (Wildman–Crippen MR) is 114 cm³/mol. The van der Waals surface area contributed by atoms with Crippen LogP contribution in [0.3, 0.4) is 0 Å². The van der Waals surface area contributed by atoms with Gasteiger partial charge in [0.2, 0.25) is 10.0 Å². The molecular weight excluding hydrogens is 461 g/mol. The zero-order valence-electron chi connectivity index (χ0n) is 17.6. The van der Waals surface area contributed by atoms with Crippen molar-refractivity contribution in [2.75, 3.05) is 29.7 Å². The fourth-order valence-electron chi connectivity index (χ4n) is 4.26. The first kappa shape index (κ1) is 23.4. The molecule has 0 aromatic heterocycles. The van der Waals surface area contributed by atoms with Gasteiger partial charge >= 0.3 is 6.36 Å². The summed E-state index contributed by atoms with van der Waals surface area (Å²) in [6.45, 7) is 0.742. The number of piperidine rings is 1. The Labute approximate surface area is 189 Å². The maximum atomic E-state index is 13.0. The van der Waals surface area contributed by atoms with Crippen LogP contribution in [0.25, 0.3) is 0 Å². The largest absolute Gasteiger partial charge is 0.573 e. The number of hydrogen-bond acceptors (Lipinski definition) is 5. The molecule has 2 heterocycles. The van der Waals surface area contributed by atoms with E-state index >= 15 is 0 Å². The lowest BCUT2D eigenvalue weighted by Gasteiger charge is -2.38. The van der Waals surface area contributed by atoms with E-state index in [1.807, 2.05) is 0 Å². The Kier molecular flexibility index (Phi) is 6.04. The second-order valence-electron chi connectivity index (χ2n) is 8.19. The van der Waals surface area contributed by atoms with E-state index in [-0.39, 0.29) is 43.2 Å². The molecular formula is C22H23F3N2O5S. The van der Waals surface area contributed by atoms with Gasteiger partial charge < -0.3 is 14.7 Å². The van der Waals surface area contributed by atoms with Gasteiger partial charge in [-0.1, -0.05) is 18.2 Å². The van der Waals surface area contributed by atoms with Gasteiger partial charge in [0.05, 0.1) is 17.0 Å². The van der Waals surface area contributed by atoms with Gasteiger partial charge in [-0.25, -0.2) is 8.42 Å². The van der Waals surface area contributed by atoms with Gasteiger partial charge in [-0.2, -0.15) is 0 Å². The maximum Gasteiger partial charge on any atom is 0.573 e. The zero-order chi connectivity index (χ0) is 23.9. The minimum atomic E-state index is -4.83. The SMILES string of the molecule is O=C(c1cccc(N2CCCS2(=O)=O)c1)N1CCC(O)(c2cccc(OC(F)(F)F)c2)CC1. The first-order valence-corrected chi connectivity index (χ1v) is 12.1. The van der Waals surface area contributed by atoms with E-state index in [4.69, 9.17) is 0 Å². The molecule has 0 atom stereocenters. The van der Waals surface area contributed by atoms with E-state index in [0.717, 1.165) is 12.1 Å². The van der Waals surface area contributed by atoms with Crippen LogP contribution in [0.5, 0.6) is 5.75 Å². The van der Waals surface area contributed by atoms with Gasteiger partial charge in [0.25, 0.3) is 5.91 Å². The first-order valence-electron chi connectivity index (χ1n) is 10.5. The Morgan fingerprint density at radius 3 is 2.36 bits per heavy atom. The van der Waals surface area contributed by atoms with E-state index in [2.05, 4.69) is 4.74 Å². The van der Waals surface area contributed by atoms with Gasteiger partial charge in [-0.05, 0) is 55.2 Å². The van der Waals surface area contributed by atoms with Crippen molar-refractivity contribution in [2.45, 2.75) is 31.2 Å². The summed E-state index contributed by atoms with van der Waals surface area (Å²) >= 11 is 0. The highest BCUT2D eigenvalue weighted by Crippen LogP contribution is 2.36. The lowest BCUT2D eigenvalue weighted by atomic mass is 9.84. The third-order valence-corrected chi connectivity index (χ3v) is 7.83. The summed E-state index contributed by atoms with van der Waals surface area (Å²) < 4.78 is 67.2. The molecule has 2 saturated heterocycles. The summed E-state index contributed by atoms with van der Waals surface area (Å²) in [6.07, 6.45) is -4.04. The van der Waals surface area contributed by atoms with Crippen LogP contribution in [-0.4, -0.2) is 56.1 Å². The second kappa shape index (κ2) is 8.53. The van der Waals surface area contributed by atoms with Crippen LogP contribution in [0.1, 0.15) is 35.2 Å². The summed E-state index contributed by atoms with van der Waals surface area (Å²) in [7, 11) is -3.37. The molecule has 2 aliphatic rings. The highest BCUT2D eigenvalue weighted by atomic mass is 32.2. The second-order valence-corrected chi connectivity index (χ2v) is 10.2. The van der Waals surface area contributed by atoms with E-state index in [1.54, 1.807) is 29.2 Å². The Hall–Kier alpha value is -2.79. The van der Waals surface area contributed by atoms with E-state index in [1.165, 1.54) is 16.4 Å². The van der Waals surface area contributed by atoms with Crippen LogP contribution in [-0.2, 0) is 15.6 Å². The van der Waals surface area contributed by atoms with Crippen molar-refractivity contribution in [1.82, 2.24) is 4.90 Å². The number of nitrogens with zero attached hydrogens (tertiary/aromatic N) is 2. The maximum absolute atomic E-state index is 13.0. The normalized spacial score (nSPS) is 20.0. The van der Waals surface area contributed by atoms with Crippen molar-refractivity contribution >= 4 is 21.6 Å². The molecule has 1 N–H and O–H groups in total. The van der Waals surface area contributed by atoms with Gasteiger partial charge in [0, 0.05) is 25.2 Å². The number of benzene rings is 2. The topological polar surface area (TPSA) is 87.2 Å². The average molecular weight is 484 g/mol. The van der Waals surface area contributed by atoms with E-state index in [9.17, 15) is 31.5 Å². The number of hydrogen-bond donors (Lipinski definition) is 1. The molecule has 2 aliphatic heterocycles. The Balaban J connectivity index is 1.46. The summed E-state index contributed by atoms with van der Waals surface area (Å²) in [5.41, 5.74) is -0.334. The molecule has 33 heavy (non-hydrogen) atoms. The van der Waals surface area contributed by atoms with E-state index < -0.39 is 27.7 Å². The van der Waals surface area contributed by atoms with Crippen molar-refractivity contribution in [2.24, 2.45) is 0 Å². The number of halogens is 3. The molecule has 0 aliphatic carbocycles. The van der Waals surface area contributed by atoms with Crippen LogP contribution in [0.2, 0.25) is 0 Å². The van der Waals surface area contributed by atoms with Gasteiger partial charge in [-0.3, -0.25) is 9.10 Å². The lowest BCUT2D eigenvalue weighted by Crippen LogP contribution is -2.45. The number of likely N-dealkylation sites (tertiary alicyclic amines) is 1. The van der Waals surface area contributed by atoms with Crippen molar-refractivity contribution in [1.29, 1.82) is 0 Å². The summed E-state index contributed by atoms with van der Waals surface area (Å²) in [4.78, 5) is 14.6. The molecule has 0 bridgehead atoms. The number of amides is 1. The van der Waals surface area contributed by atoms with Crippen molar-refractivity contribution in [3.05, 3.63) is 59.7 Å². The standard InChI is InChI=1S/C22H23F3N2O5S/c23-22(24,25)32-19-7-2-5-17(15-19)21(29)8-11-26(12-9-21)20(28)16-4-1-6-18(14-16)27-10-3-13-33(27,30)31/h1-2,4-7,14-15,29H,3,8-13H2. The van der Waals surface area contributed by atoms with Crippen molar-refractivity contribution in [3.63, 3.8) is 0 Å². The highest BCUT2D eigenvalue weighted by molar-refractivity contribution is 7.93. The molecule has 4 rings (SSSR count). The van der Waals surface area contributed by atoms with Crippen LogP contribution >= 0.6 is 0 Å². The molecule has 2 aromatic rings. The molecule has 7 nitrogen and oxygen atoms in total. The molecule has 0 unspecified atom stereocenters. The van der Waals surface area contributed by atoms with Gasteiger partial charge in [0.1, 0.15) is 5.75 Å².